The molecule has 0 rings (SSSR count). The van der Waals surface area contributed by atoms with E-state index in [2.05, 4.69) is 27.7 Å². The molecule has 0 aromatic heterocycles. The van der Waals surface area contributed by atoms with Crippen molar-refractivity contribution in [3.8, 4) is 0 Å². The maximum atomic E-state index is 9.16. The van der Waals surface area contributed by atoms with E-state index >= 15 is 0 Å². The summed E-state index contributed by atoms with van der Waals surface area (Å²) in [5, 5.41) is 9.16. The van der Waals surface area contributed by atoms with Crippen molar-refractivity contribution in [1.29, 1.82) is 0 Å². The van der Waals surface area contributed by atoms with Crippen molar-refractivity contribution >= 4 is 0 Å². The Morgan fingerprint density at radius 1 is 1.08 bits per heavy atom. The second-order valence-electron chi connectivity index (χ2n) is 4.72. The van der Waals surface area contributed by atoms with Gasteiger partial charge >= 0.3 is 0 Å². The van der Waals surface area contributed by atoms with Crippen molar-refractivity contribution in [1.82, 2.24) is 0 Å². The van der Waals surface area contributed by atoms with Crippen LogP contribution in [0.5, 0.6) is 0 Å². The van der Waals surface area contributed by atoms with Crippen molar-refractivity contribution < 1.29 is 5.11 Å². The minimum Gasteiger partial charge on any atom is -0.394 e. The molecule has 0 saturated heterocycles. The molecule has 0 aliphatic rings. The molecule has 2 nitrogen and oxygen atoms in total. The van der Waals surface area contributed by atoms with Gasteiger partial charge in [0.2, 0.25) is 0 Å². The number of nitrogens with two attached hydrogens (primary N) is 1. The number of aliphatic hydroxyl groups is 1. The quantitative estimate of drug-likeness (QED) is 0.665. The molecule has 0 bridgehead atoms. The highest BCUT2D eigenvalue weighted by atomic mass is 16.3. The molecule has 0 spiro atoms. The van der Waals surface area contributed by atoms with E-state index < -0.39 is 0 Å². The van der Waals surface area contributed by atoms with Crippen LogP contribution in [-0.2, 0) is 0 Å². The van der Waals surface area contributed by atoms with Crippen LogP contribution >= 0.6 is 0 Å². The highest BCUT2D eigenvalue weighted by Crippen LogP contribution is 2.21. The average molecular weight is 173 g/mol. The summed E-state index contributed by atoms with van der Waals surface area (Å²) < 4.78 is 0. The van der Waals surface area contributed by atoms with E-state index in [1.165, 1.54) is 0 Å². The summed E-state index contributed by atoms with van der Waals surface area (Å²) in [4.78, 5) is 0. The van der Waals surface area contributed by atoms with E-state index in [0.717, 1.165) is 12.8 Å². The molecule has 0 saturated carbocycles. The third kappa shape index (κ3) is 4.73. The van der Waals surface area contributed by atoms with Crippen LogP contribution in [0.25, 0.3) is 0 Å². The van der Waals surface area contributed by atoms with Crippen molar-refractivity contribution in [2.45, 2.75) is 46.1 Å². The summed E-state index contributed by atoms with van der Waals surface area (Å²) in [5.41, 5.74) is 5.69. The van der Waals surface area contributed by atoms with Crippen LogP contribution in [0, 0.1) is 11.8 Å². The van der Waals surface area contributed by atoms with Crippen LogP contribution in [0.2, 0.25) is 0 Å². The standard InChI is InChI=1S/C10H23NO/c1-8(2)5-10(11,7-12)6-9(3)4/h8-9,12H,5-7,11H2,1-4H3. The van der Waals surface area contributed by atoms with Crippen LogP contribution in [0.1, 0.15) is 40.5 Å². The molecule has 0 atom stereocenters. The van der Waals surface area contributed by atoms with Gasteiger partial charge in [-0.3, -0.25) is 0 Å². The van der Waals surface area contributed by atoms with Gasteiger partial charge in [-0.1, -0.05) is 27.7 Å². The SMILES string of the molecule is CC(C)CC(N)(CO)CC(C)C. The first-order chi connectivity index (χ1) is 5.39. The van der Waals surface area contributed by atoms with E-state index in [-0.39, 0.29) is 12.1 Å². The van der Waals surface area contributed by atoms with Crippen molar-refractivity contribution in [3.63, 3.8) is 0 Å². The van der Waals surface area contributed by atoms with E-state index in [0.29, 0.717) is 11.8 Å². The lowest BCUT2D eigenvalue weighted by atomic mass is 9.83. The Balaban J connectivity index is 4.04. The second kappa shape index (κ2) is 4.83. The lowest BCUT2D eigenvalue weighted by Crippen LogP contribution is -2.45. The van der Waals surface area contributed by atoms with Crippen LogP contribution in [0.3, 0.4) is 0 Å². The molecule has 0 fully saturated rings. The molecule has 2 heteroatoms. The number of aliphatic hydroxyl groups excluding tert-OH is 1. The van der Waals surface area contributed by atoms with E-state index in [4.69, 9.17) is 10.8 Å². The molecule has 3 N–H and O–H groups in total. The summed E-state index contributed by atoms with van der Waals surface area (Å²) in [6.45, 7) is 8.65. The van der Waals surface area contributed by atoms with E-state index in [1.807, 2.05) is 0 Å². The summed E-state index contributed by atoms with van der Waals surface area (Å²) in [5.74, 6) is 1.11. The molecular formula is C10H23NO. The molecule has 0 heterocycles. The first-order valence-corrected chi connectivity index (χ1v) is 4.79. The number of rotatable bonds is 5. The molecule has 0 radical (unpaired) electrons. The van der Waals surface area contributed by atoms with Gasteiger partial charge in [0.1, 0.15) is 0 Å². The first-order valence-electron chi connectivity index (χ1n) is 4.79. The fourth-order valence-corrected chi connectivity index (χ4v) is 1.84. The van der Waals surface area contributed by atoms with Crippen LogP contribution in [0.4, 0.5) is 0 Å². The topological polar surface area (TPSA) is 46.2 Å². The highest BCUT2D eigenvalue weighted by molar-refractivity contribution is 4.85. The van der Waals surface area contributed by atoms with Gasteiger partial charge in [0.05, 0.1) is 6.61 Å². The molecule has 0 amide bonds. The van der Waals surface area contributed by atoms with E-state index in [1.54, 1.807) is 0 Å². The predicted molar refractivity (Wildman–Crippen MR) is 52.9 cm³/mol. The number of hydrogen-bond donors (Lipinski definition) is 2. The molecule has 0 aromatic rings. The zero-order valence-corrected chi connectivity index (χ0v) is 8.80. The average Bonchev–Trinajstić information content (AvgIpc) is 1.83. The van der Waals surface area contributed by atoms with Crippen LogP contribution in [-0.4, -0.2) is 17.3 Å². The Bertz CT molecular complexity index is 111. The fraction of sp³-hybridized carbons (Fsp3) is 1.00. The maximum Gasteiger partial charge on any atom is 0.0611 e. The first kappa shape index (κ1) is 11.9. The largest absolute Gasteiger partial charge is 0.394 e. The third-order valence-electron chi connectivity index (χ3n) is 1.94. The van der Waals surface area contributed by atoms with Gasteiger partial charge in [0, 0.05) is 5.54 Å². The van der Waals surface area contributed by atoms with Crippen LogP contribution in [0.15, 0.2) is 0 Å². The molecule has 0 aliphatic carbocycles. The number of hydrogen-bond acceptors (Lipinski definition) is 2. The monoisotopic (exact) mass is 173 g/mol. The highest BCUT2D eigenvalue weighted by Gasteiger charge is 2.25. The van der Waals surface area contributed by atoms with Gasteiger partial charge in [0.15, 0.2) is 0 Å². The molecule has 12 heavy (non-hydrogen) atoms. The Morgan fingerprint density at radius 3 is 1.58 bits per heavy atom. The summed E-state index contributed by atoms with van der Waals surface area (Å²) >= 11 is 0. The summed E-state index contributed by atoms with van der Waals surface area (Å²) in [7, 11) is 0. The lowest BCUT2D eigenvalue weighted by Gasteiger charge is -2.30. The molecule has 74 valence electrons. The van der Waals surface area contributed by atoms with Gasteiger partial charge in [-0.2, -0.15) is 0 Å². The fourth-order valence-electron chi connectivity index (χ4n) is 1.84. The predicted octanol–water partition coefficient (Wildman–Crippen LogP) is 1.77. The van der Waals surface area contributed by atoms with Crippen molar-refractivity contribution in [2.24, 2.45) is 17.6 Å². The normalized spacial score (nSPS) is 13.0. The van der Waals surface area contributed by atoms with Gasteiger partial charge in [-0.25, -0.2) is 0 Å². The molecule has 0 aliphatic heterocycles. The molecule has 0 unspecified atom stereocenters. The van der Waals surface area contributed by atoms with Gasteiger partial charge in [-0.05, 0) is 24.7 Å². The Hall–Kier alpha value is -0.0800. The Morgan fingerprint density at radius 2 is 1.42 bits per heavy atom. The zero-order chi connectivity index (χ0) is 9.78. The lowest BCUT2D eigenvalue weighted by molar-refractivity contribution is 0.152. The Kier molecular flexibility index (Phi) is 4.80. The van der Waals surface area contributed by atoms with Crippen molar-refractivity contribution in [3.05, 3.63) is 0 Å². The minimum absolute atomic E-state index is 0.101. The summed E-state index contributed by atoms with van der Waals surface area (Å²) in [6, 6.07) is 0. The smallest absolute Gasteiger partial charge is 0.0611 e. The maximum absolute atomic E-state index is 9.16. The van der Waals surface area contributed by atoms with Gasteiger partial charge < -0.3 is 10.8 Å². The Labute approximate surface area is 76.2 Å². The summed E-state index contributed by atoms with van der Waals surface area (Å²) in [6.07, 6.45) is 1.81. The molecular weight excluding hydrogens is 150 g/mol. The van der Waals surface area contributed by atoms with E-state index in [9.17, 15) is 0 Å². The molecule has 0 aromatic carbocycles. The minimum atomic E-state index is -0.359. The van der Waals surface area contributed by atoms with Crippen LogP contribution < -0.4 is 5.73 Å². The second-order valence-corrected chi connectivity index (χ2v) is 4.72. The third-order valence-corrected chi connectivity index (χ3v) is 1.94. The van der Waals surface area contributed by atoms with Gasteiger partial charge in [-0.15, -0.1) is 0 Å². The van der Waals surface area contributed by atoms with Gasteiger partial charge in [0.25, 0.3) is 0 Å². The van der Waals surface area contributed by atoms with Crippen molar-refractivity contribution in [2.75, 3.05) is 6.61 Å². The zero-order valence-electron chi connectivity index (χ0n) is 8.80.